The number of methoxy groups -OCH3 is 1. The minimum atomic E-state index is -0.169. The Labute approximate surface area is 162 Å². The monoisotopic (exact) mass is 392 g/mol. The minimum absolute atomic E-state index is 0.164. The van der Waals surface area contributed by atoms with Crippen molar-refractivity contribution in [1.82, 2.24) is 9.80 Å². The molecule has 0 N–H and O–H groups in total. The van der Waals surface area contributed by atoms with Gasteiger partial charge in [-0.15, -0.1) is 0 Å². The minimum Gasteiger partial charge on any atom is -0.493 e. The van der Waals surface area contributed by atoms with Crippen LogP contribution in [0.1, 0.15) is 27.8 Å². The average molecular weight is 393 g/mol. The van der Waals surface area contributed by atoms with Gasteiger partial charge in [-0.3, -0.25) is 9.59 Å². The molecule has 0 aliphatic carbocycles. The predicted octanol–water partition coefficient (Wildman–Crippen LogP) is 2.94. The first-order valence-corrected chi connectivity index (χ1v) is 9.05. The Bertz CT molecular complexity index is 814. The maximum atomic E-state index is 12.8. The molecule has 3 rings (SSSR count). The van der Waals surface area contributed by atoms with Crippen molar-refractivity contribution in [2.24, 2.45) is 0 Å². The summed E-state index contributed by atoms with van der Waals surface area (Å²) in [7, 11) is 1.50. The van der Waals surface area contributed by atoms with Crippen molar-refractivity contribution in [2.75, 3.05) is 39.9 Å². The predicted molar refractivity (Wildman–Crippen MR) is 99.7 cm³/mol. The highest BCUT2D eigenvalue weighted by atomic mass is 35.5. The van der Waals surface area contributed by atoms with Crippen molar-refractivity contribution in [2.45, 2.75) is 6.92 Å². The van der Waals surface area contributed by atoms with Gasteiger partial charge < -0.3 is 23.7 Å². The average Bonchev–Trinajstić information content (AvgIpc) is 3.23. The lowest BCUT2D eigenvalue weighted by Crippen LogP contribution is -2.50. The van der Waals surface area contributed by atoms with Crippen molar-refractivity contribution < 1.29 is 23.5 Å². The Kier molecular flexibility index (Phi) is 5.91. The summed E-state index contributed by atoms with van der Waals surface area (Å²) in [6.45, 7) is 4.02. The first-order chi connectivity index (χ1) is 13.0. The number of rotatable bonds is 5. The maximum Gasteiger partial charge on any atom is 0.289 e. The van der Waals surface area contributed by atoms with E-state index in [1.54, 1.807) is 34.1 Å². The first-order valence-electron chi connectivity index (χ1n) is 8.67. The lowest BCUT2D eigenvalue weighted by Gasteiger charge is -2.34. The number of benzene rings is 1. The second kappa shape index (κ2) is 8.35. The van der Waals surface area contributed by atoms with E-state index in [0.29, 0.717) is 60.6 Å². The van der Waals surface area contributed by atoms with E-state index in [1.807, 2.05) is 6.92 Å². The third-order valence-electron chi connectivity index (χ3n) is 4.35. The van der Waals surface area contributed by atoms with E-state index in [9.17, 15) is 9.59 Å². The van der Waals surface area contributed by atoms with Crippen LogP contribution in [0.25, 0.3) is 0 Å². The van der Waals surface area contributed by atoms with Crippen LogP contribution in [0.15, 0.2) is 34.9 Å². The second-order valence-electron chi connectivity index (χ2n) is 5.98. The van der Waals surface area contributed by atoms with Gasteiger partial charge in [-0.05, 0) is 31.2 Å². The number of hydrogen-bond donors (Lipinski definition) is 0. The van der Waals surface area contributed by atoms with Crippen molar-refractivity contribution in [3.63, 3.8) is 0 Å². The van der Waals surface area contributed by atoms with Crippen LogP contribution in [0.4, 0.5) is 0 Å². The molecule has 27 heavy (non-hydrogen) atoms. The summed E-state index contributed by atoms with van der Waals surface area (Å²) in [5.74, 6) is 0.811. The zero-order chi connectivity index (χ0) is 19.4. The summed E-state index contributed by atoms with van der Waals surface area (Å²) in [4.78, 5) is 28.5. The maximum absolute atomic E-state index is 12.8. The highest BCUT2D eigenvalue weighted by Gasteiger charge is 2.27. The van der Waals surface area contributed by atoms with Gasteiger partial charge in [0, 0.05) is 31.7 Å². The Morgan fingerprint density at radius 1 is 1.15 bits per heavy atom. The molecule has 1 aliphatic heterocycles. The number of carbonyl (C=O) groups excluding carboxylic acids is 2. The second-order valence-corrected chi connectivity index (χ2v) is 6.39. The zero-order valence-corrected chi connectivity index (χ0v) is 16.0. The molecule has 1 aromatic carbocycles. The molecule has 2 amide bonds. The lowest BCUT2D eigenvalue weighted by atomic mass is 10.1. The highest BCUT2D eigenvalue weighted by Crippen LogP contribution is 2.36. The number of halogens is 1. The molecule has 8 heteroatoms. The molecule has 0 atom stereocenters. The topological polar surface area (TPSA) is 72.2 Å². The van der Waals surface area contributed by atoms with Crippen LogP contribution in [0.5, 0.6) is 11.5 Å². The quantitative estimate of drug-likeness (QED) is 0.782. The van der Waals surface area contributed by atoms with E-state index in [0.717, 1.165) is 0 Å². The van der Waals surface area contributed by atoms with Crippen molar-refractivity contribution in [3.05, 3.63) is 46.9 Å². The molecule has 2 heterocycles. The zero-order valence-electron chi connectivity index (χ0n) is 15.2. The van der Waals surface area contributed by atoms with Crippen LogP contribution in [-0.2, 0) is 0 Å². The number of furan rings is 1. The summed E-state index contributed by atoms with van der Waals surface area (Å²) >= 11 is 6.26. The summed E-state index contributed by atoms with van der Waals surface area (Å²) in [6.07, 6.45) is 1.47. The van der Waals surface area contributed by atoms with Crippen LogP contribution in [0.2, 0.25) is 5.02 Å². The highest BCUT2D eigenvalue weighted by molar-refractivity contribution is 6.32. The van der Waals surface area contributed by atoms with Gasteiger partial charge >= 0.3 is 0 Å². The Balaban J connectivity index is 1.69. The van der Waals surface area contributed by atoms with Gasteiger partial charge in [-0.25, -0.2) is 0 Å². The molecule has 1 fully saturated rings. The van der Waals surface area contributed by atoms with Gasteiger partial charge in [-0.2, -0.15) is 0 Å². The Morgan fingerprint density at radius 2 is 1.81 bits per heavy atom. The largest absolute Gasteiger partial charge is 0.493 e. The van der Waals surface area contributed by atoms with Crippen LogP contribution in [-0.4, -0.2) is 61.5 Å². The smallest absolute Gasteiger partial charge is 0.289 e. The summed E-state index contributed by atoms with van der Waals surface area (Å²) in [5.41, 5.74) is 0.422. The van der Waals surface area contributed by atoms with Gasteiger partial charge in [0.25, 0.3) is 11.8 Å². The molecule has 1 aromatic heterocycles. The van der Waals surface area contributed by atoms with Gasteiger partial charge in [0.15, 0.2) is 17.3 Å². The fourth-order valence-electron chi connectivity index (χ4n) is 2.98. The molecule has 1 aliphatic rings. The van der Waals surface area contributed by atoms with E-state index in [-0.39, 0.29) is 11.8 Å². The molecule has 1 saturated heterocycles. The van der Waals surface area contributed by atoms with Crippen LogP contribution < -0.4 is 9.47 Å². The van der Waals surface area contributed by atoms with Gasteiger partial charge in [0.2, 0.25) is 0 Å². The van der Waals surface area contributed by atoms with Crippen molar-refractivity contribution in [1.29, 1.82) is 0 Å². The summed E-state index contributed by atoms with van der Waals surface area (Å²) < 4.78 is 15.9. The fraction of sp³-hybridized carbons (Fsp3) is 0.368. The molecule has 0 unspecified atom stereocenters. The van der Waals surface area contributed by atoms with E-state index in [4.69, 9.17) is 25.5 Å². The number of ether oxygens (including phenoxy) is 2. The van der Waals surface area contributed by atoms with Crippen molar-refractivity contribution in [3.8, 4) is 11.5 Å². The number of piperazine rings is 1. The fourth-order valence-corrected chi connectivity index (χ4v) is 3.24. The Morgan fingerprint density at radius 3 is 2.37 bits per heavy atom. The molecule has 0 radical (unpaired) electrons. The molecule has 0 saturated carbocycles. The van der Waals surface area contributed by atoms with Crippen LogP contribution >= 0.6 is 11.6 Å². The molecule has 7 nitrogen and oxygen atoms in total. The van der Waals surface area contributed by atoms with Gasteiger partial charge in [-0.1, -0.05) is 11.6 Å². The molecule has 2 aromatic rings. The number of hydrogen-bond acceptors (Lipinski definition) is 5. The number of amides is 2. The van der Waals surface area contributed by atoms with Gasteiger partial charge in [0.1, 0.15) is 0 Å². The van der Waals surface area contributed by atoms with E-state index >= 15 is 0 Å². The molecular weight excluding hydrogens is 372 g/mol. The SMILES string of the molecule is CCOc1c(Cl)cc(C(=O)N2CCN(C(=O)c3ccco3)CC2)cc1OC. The molecule has 144 valence electrons. The van der Waals surface area contributed by atoms with Crippen LogP contribution in [0, 0.1) is 0 Å². The standard InChI is InChI=1S/C19H21ClN2O5/c1-3-26-17-14(20)11-13(12-16(17)25-2)18(23)21-6-8-22(9-7-21)19(24)15-5-4-10-27-15/h4-5,10-12H,3,6-9H2,1-2H3. The number of nitrogens with zero attached hydrogens (tertiary/aromatic N) is 2. The van der Waals surface area contributed by atoms with Gasteiger partial charge in [0.05, 0.1) is 25.0 Å². The van der Waals surface area contributed by atoms with E-state index in [1.165, 1.54) is 13.4 Å². The normalized spacial score (nSPS) is 14.2. The van der Waals surface area contributed by atoms with E-state index in [2.05, 4.69) is 0 Å². The lowest BCUT2D eigenvalue weighted by molar-refractivity contribution is 0.0518. The number of carbonyl (C=O) groups is 2. The summed E-state index contributed by atoms with van der Waals surface area (Å²) in [6, 6.07) is 6.52. The molecule has 0 spiro atoms. The third-order valence-corrected chi connectivity index (χ3v) is 4.63. The Hall–Kier alpha value is -2.67. The van der Waals surface area contributed by atoms with Crippen molar-refractivity contribution >= 4 is 23.4 Å². The molecular formula is C19H21ClN2O5. The van der Waals surface area contributed by atoms with Crippen LogP contribution in [0.3, 0.4) is 0 Å². The third kappa shape index (κ3) is 4.03. The summed E-state index contributed by atoms with van der Waals surface area (Å²) in [5, 5.41) is 0.325. The molecule has 0 bridgehead atoms. The first kappa shape index (κ1) is 19.1. The van der Waals surface area contributed by atoms with E-state index < -0.39 is 0 Å².